The molecule has 1 atom stereocenters. The molecule has 0 saturated heterocycles. The van der Waals surface area contributed by atoms with E-state index in [-0.39, 0.29) is 11.5 Å². The van der Waals surface area contributed by atoms with Crippen LogP contribution in [0.4, 0.5) is 0 Å². The van der Waals surface area contributed by atoms with E-state index in [1.807, 2.05) is 6.92 Å². The van der Waals surface area contributed by atoms with Gasteiger partial charge in [0.25, 0.3) is 0 Å². The van der Waals surface area contributed by atoms with Gasteiger partial charge in [0.1, 0.15) is 6.10 Å². The molecule has 1 unspecified atom stereocenters. The highest BCUT2D eigenvalue weighted by atomic mass is 16.5. The van der Waals surface area contributed by atoms with E-state index in [0.29, 0.717) is 5.82 Å². The Bertz CT molecular complexity index is 304. The maximum absolute atomic E-state index is 5.17. The summed E-state index contributed by atoms with van der Waals surface area (Å²) in [5.74, 6) is 1.40. The van der Waals surface area contributed by atoms with Crippen molar-refractivity contribution in [1.82, 2.24) is 10.1 Å². The molecule has 4 nitrogen and oxygen atoms in total. The zero-order valence-corrected chi connectivity index (χ0v) is 8.20. The molecular weight excluding hydrogens is 168 g/mol. The first-order chi connectivity index (χ1) is 6.15. The van der Waals surface area contributed by atoms with E-state index in [4.69, 9.17) is 9.26 Å². The summed E-state index contributed by atoms with van der Waals surface area (Å²) in [6, 6.07) is 0. The molecule has 0 amide bonds. The van der Waals surface area contributed by atoms with Crippen molar-refractivity contribution in [3.63, 3.8) is 0 Å². The van der Waals surface area contributed by atoms with Crippen LogP contribution in [-0.2, 0) is 10.2 Å². The third-order valence-corrected chi connectivity index (χ3v) is 2.68. The summed E-state index contributed by atoms with van der Waals surface area (Å²) in [6.07, 6.45) is 2.21. The maximum Gasteiger partial charge on any atom is 0.232 e. The molecule has 0 N–H and O–H groups in total. The van der Waals surface area contributed by atoms with E-state index < -0.39 is 0 Å². The van der Waals surface area contributed by atoms with Crippen LogP contribution in [0.15, 0.2) is 4.52 Å². The van der Waals surface area contributed by atoms with Crippen molar-refractivity contribution in [3.8, 4) is 0 Å². The summed E-state index contributed by atoms with van der Waals surface area (Å²) in [6.45, 7) is 4.05. The number of hydrogen-bond acceptors (Lipinski definition) is 4. The average molecular weight is 182 g/mol. The molecule has 0 bridgehead atoms. The first-order valence-corrected chi connectivity index (χ1v) is 4.52. The zero-order chi connectivity index (χ0) is 9.47. The van der Waals surface area contributed by atoms with Gasteiger partial charge in [0.05, 0.1) is 0 Å². The number of rotatable bonds is 3. The van der Waals surface area contributed by atoms with E-state index >= 15 is 0 Å². The molecular formula is C9H14N2O2. The van der Waals surface area contributed by atoms with Crippen LogP contribution in [-0.4, -0.2) is 17.3 Å². The molecule has 1 heterocycles. The highest BCUT2D eigenvalue weighted by molar-refractivity contribution is 5.12. The van der Waals surface area contributed by atoms with Crippen molar-refractivity contribution < 1.29 is 9.26 Å². The molecule has 1 saturated carbocycles. The third kappa shape index (κ3) is 1.46. The van der Waals surface area contributed by atoms with Gasteiger partial charge in [-0.05, 0) is 19.8 Å². The second-order valence-corrected chi connectivity index (χ2v) is 3.90. The Morgan fingerprint density at radius 1 is 1.54 bits per heavy atom. The Morgan fingerprint density at radius 3 is 2.77 bits per heavy atom. The molecule has 0 aromatic carbocycles. The quantitative estimate of drug-likeness (QED) is 0.715. The molecule has 0 aliphatic heterocycles. The largest absolute Gasteiger partial charge is 0.374 e. The van der Waals surface area contributed by atoms with Crippen molar-refractivity contribution in [1.29, 1.82) is 0 Å². The topological polar surface area (TPSA) is 48.2 Å². The fraction of sp³-hybridized carbons (Fsp3) is 0.778. The van der Waals surface area contributed by atoms with Crippen LogP contribution in [0.25, 0.3) is 0 Å². The Balaban J connectivity index is 2.18. The molecule has 2 rings (SSSR count). The predicted octanol–water partition coefficient (Wildman–Crippen LogP) is 1.83. The van der Waals surface area contributed by atoms with Gasteiger partial charge in [0.2, 0.25) is 5.89 Å². The lowest BCUT2D eigenvalue weighted by atomic mass is 10.1. The first-order valence-electron chi connectivity index (χ1n) is 4.52. The number of hydrogen-bond donors (Lipinski definition) is 0. The van der Waals surface area contributed by atoms with Crippen molar-refractivity contribution >= 4 is 0 Å². The van der Waals surface area contributed by atoms with Gasteiger partial charge in [0.15, 0.2) is 5.82 Å². The lowest BCUT2D eigenvalue weighted by Crippen LogP contribution is -2.02. The Hall–Kier alpha value is -0.900. The smallest absolute Gasteiger partial charge is 0.232 e. The van der Waals surface area contributed by atoms with Gasteiger partial charge in [0, 0.05) is 12.5 Å². The molecule has 72 valence electrons. The van der Waals surface area contributed by atoms with E-state index in [1.54, 1.807) is 7.11 Å². The van der Waals surface area contributed by atoms with Crippen molar-refractivity contribution in [2.45, 2.75) is 38.2 Å². The van der Waals surface area contributed by atoms with Crippen LogP contribution in [0.5, 0.6) is 0 Å². The minimum absolute atomic E-state index is 0.0835. The lowest BCUT2D eigenvalue weighted by Gasteiger charge is -2.01. The van der Waals surface area contributed by atoms with Gasteiger partial charge in [-0.3, -0.25) is 0 Å². The molecule has 1 aliphatic rings. The predicted molar refractivity (Wildman–Crippen MR) is 46.3 cm³/mol. The minimum Gasteiger partial charge on any atom is -0.374 e. The minimum atomic E-state index is -0.0835. The van der Waals surface area contributed by atoms with Crippen LogP contribution >= 0.6 is 0 Å². The second-order valence-electron chi connectivity index (χ2n) is 3.90. The second kappa shape index (κ2) is 2.80. The van der Waals surface area contributed by atoms with E-state index in [9.17, 15) is 0 Å². The van der Waals surface area contributed by atoms with Gasteiger partial charge >= 0.3 is 0 Å². The van der Waals surface area contributed by atoms with Crippen LogP contribution < -0.4 is 0 Å². The Morgan fingerprint density at radius 2 is 2.23 bits per heavy atom. The summed E-state index contributed by atoms with van der Waals surface area (Å²) in [5, 5.41) is 3.88. The lowest BCUT2D eigenvalue weighted by molar-refractivity contribution is 0.109. The third-order valence-electron chi connectivity index (χ3n) is 2.68. The summed E-state index contributed by atoms with van der Waals surface area (Å²) in [4.78, 5) is 4.31. The fourth-order valence-electron chi connectivity index (χ4n) is 1.15. The van der Waals surface area contributed by atoms with Crippen molar-refractivity contribution in [2.75, 3.05) is 7.11 Å². The molecule has 0 radical (unpaired) electrons. The van der Waals surface area contributed by atoms with Crippen LogP contribution in [0.1, 0.15) is 44.5 Å². The van der Waals surface area contributed by atoms with Crippen LogP contribution in [0.3, 0.4) is 0 Å². The number of methoxy groups -OCH3 is 1. The number of nitrogens with zero attached hydrogens (tertiary/aromatic N) is 2. The van der Waals surface area contributed by atoms with Crippen molar-refractivity contribution in [3.05, 3.63) is 11.7 Å². The highest BCUT2D eigenvalue weighted by Crippen LogP contribution is 2.46. The van der Waals surface area contributed by atoms with Gasteiger partial charge in [-0.25, -0.2) is 0 Å². The zero-order valence-electron chi connectivity index (χ0n) is 8.20. The normalized spacial score (nSPS) is 21.5. The summed E-state index contributed by atoms with van der Waals surface area (Å²) in [7, 11) is 1.64. The highest BCUT2D eigenvalue weighted by Gasteiger charge is 2.44. The van der Waals surface area contributed by atoms with E-state index in [2.05, 4.69) is 17.1 Å². The molecule has 1 fully saturated rings. The van der Waals surface area contributed by atoms with Crippen molar-refractivity contribution in [2.24, 2.45) is 0 Å². The average Bonchev–Trinajstić information content (AvgIpc) is 2.72. The first kappa shape index (κ1) is 8.69. The number of aromatic nitrogens is 2. The molecule has 13 heavy (non-hydrogen) atoms. The standard InChI is InChI=1S/C9H14N2O2/c1-6(12-3)7-10-8(13-11-7)9(2)4-5-9/h6H,4-5H2,1-3H3. The van der Waals surface area contributed by atoms with Gasteiger partial charge in [-0.2, -0.15) is 4.98 Å². The SMILES string of the molecule is COC(C)c1noc(C2(C)CC2)n1. The molecule has 4 heteroatoms. The summed E-state index contributed by atoms with van der Waals surface area (Å²) >= 11 is 0. The molecule has 1 aromatic rings. The molecule has 0 spiro atoms. The fourth-order valence-corrected chi connectivity index (χ4v) is 1.15. The monoisotopic (exact) mass is 182 g/mol. The number of ether oxygens (including phenoxy) is 1. The van der Waals surface area contributed by atoms with E-state index in [1.165, 1.54) is 0 Å². The van der Waals surface area contributed by atoms with Crippen LogP contribution in [0.2, 0.25) is 0 Å². The summed E-state index contributed by atoms with van der Waals surface area (Å²) in [5.41, 5.74) is 0.151. The van der Waals surface area contributed by atoms with E-state index in [0.717, 1.165) is 18.7 Å². The molecule has 1 aromatic heterocycles. The summed E-state index contributed by atoms with van der Waals surface area (Å²) < 4.78 is 10.3. The van der Waals surface area contributed by atoms with Crippen LogP contribution in [0, 0.1) is 0 Å². The van der Waals surface area contributed by atoms with Gasteiger partial charge in [-0.1, -0.05) is 12.1 Å². The Kier molecular flexibility index (Phi) is 1.87. The maximum atomic E-state index is 5.17. The Labute approximate surface area is 77.3 Å². The van der Waals surface area contributed by atoms with Gasteiger partial charge < -0.3 is 9.26 Å². The molecule has 1 aliphatic carbocycles. The van der Waals surface area contributed by atoms with Gasteiger partial charge in [-0.15, -0.1) is 0 Å².